The van der Waals surface area contributed by atoms with E-state index in [4.69, 9.17) is 5.26 Å². The molecule has 1 rings (SSSR count). The minimum atomic E-state index is -0.528. The molecule has 1 amide bonds. The van der Waals surface area contributed by atoms with Gasteiger partial charge in [0, 0.05) is 12.1 Å². The molecule has 0 atom stereocenters. The Labute approximate surface area is 116 Å². The highest BCUT2D eigenvalue weighted by Gasteiger charge is 2.17. The molecule has 3 nitrogen and oxygen atoms in total. The molecule has 0 saturated carbocycles. The topological polar surface area (TPSA) is 52.9 Å². The van der Waals surface area contributed by atoms with Crippen LogP contribution in [-0.4, -0.2) is 12.5 Å². The molecule has 0 bridgehead atoms. The summed E-state index contributed by atoms with van der Waals surface area (Å²) in [5.74, 6) is -0.132. The monoisotopic (exact) mass is 260 g/mol. The maximum atomic E-state index is 11.7. The van der Waals surface area contributed by atoms with Gasteiger partial charge in [-0.25, -0.2) is 0 Å². The number of aryl methyl sites for hydroxylation is 1. The second-order valence-electron chi connectivity index (χ2n) is 5.25. The molecule has 1 aromatic carbocycles. The van der Waals surface area contributed by atoms with Crippen LogP contribution in [0.3, 0.4) is 0 Å². The van der Waals surface area contributed by atoms with Crippen molar-refractivity contribution in [1.82, 2.24) is 5.32 Å². The van der Waals surface area contributed by atoms with E-state index in [0.717, 1.165) is 5.56 Å². The van der Waals surface area contributed by atoms with Gasteiger partial charge in [-0.05, 0) is 32.9 Å². The van der Waals surface area contributed by atoms with E-state index < -0.39 is 5.41 Å². The van der Waals surface area contributed by atoms with Crippen LogP contribution < -0.4 is 5.32 Å². The largest absolute Gasteiger partial charge is 0.350 e. The van der Waals surface area contributed by atoms with Crippen LogP contribution in [0.5, 0.6) is 0 Å². The summed E-state index contributed by atoms with van der Waals surface area (Å²) in [5, 5.41) is 11.6. The van der Waals surface area contributed by atoms with Crippen LogP contribution in [-0.2, 0) is 0 Å². The van der Waals surface area contributed by atoms with Crippen molar-refractivity contribution in [3.05, 3.63) is 35.4 Å². The second-order valence-corrected chi connectivity index (χ2v) is 5.25. The number of rotatable bonds is 3. The summed E-state index contributed by atoms with van der Waals surface area (Å²) in [5.41, 5.74) is 1.15. The molecular formula is C16H24N2O. The van der Waals surface area contributed by atoms with Gasteiger partial charge in [-0.3, -0.25) is 4.79 Å². The summed E-state index contributed by atoms with van der Waals surface area (Å²) in [6.07, 6.45) is 1.25. The van der Waals surface area contributed by atoms with Crippen molar-refractivity contribution < 1.29 is 4.79 Å². The first kappa shape index (κ1) is 17.2. The third kappa shape index (κ3) is 7.25. The molecule has 0 unspecified atom stereocenters. The predicted octanol–water partition coefficient (Wildman–Crippen LogP) is 3.69. The molecule has 0 radical (unpaired) electrons. The maximum Gasteiger partial charge on any atom is 0.251 e. The number of nitriles is 1. The van der Waals surface area contributed by atoms with Crippen LogP contribution in [0.1, 0.15) is 50.0 Å². The summed E-state index contributed by atoms with van der Waals surface area (Å²) >= 11 is 0. The van der Waals surface area contributed by atoms with Crippen molar-refractivity contribution in [3.8, 4) is 6.07 Å². The third-order valence-electron chi connectivity index (χ3n) is 2.27. The first-order valence-corrected chi connectivity index (χ1v) is 6.62. The fourth-order valence-corrected chi connectivity index (χ4v) is 1.23. The van der Waals surface area contributed by atoms with Crippen LogP contribution in [0.4, 0.5) is 0 Å². The fourth-order valence-electron chi connectivity index (χ4n) is 1.23. The summed E-state index contributed by atoms with van der Waals surface area (Å²) in [4.78, 5) is 11.7. The molecule has 0 spiro atoms. The van der Waals surface area contributed by atoms with Crippen LogP contribution >= 0.6 is 0 Å². The summed E-state index contributed by atoms with van der Waals surface area (Å²) in [7, 11) is 0. The van der Waals surface area contributed by atoms with Crippen molar-refractivity contribution >= 4 is 5.91 Å². The first-order chi connectivity index (χ1) is 8.86. The van der Waals surface area contributed by atoms with E-state index in [1.807, 2.05) is 25.1 Å². The van der Waals surface area contributed by atoms with Crippen molar-refractivity contribution in [2.75, 3.05) is 6.54 Å². The summed E-state index contributed by atoms with van der Waals surface area (Å²) < 4.78 is 0. The van der Waals surface area contributed by atoms with E-state index in [1.165, 1.54) is 6.42 Å². The Bertz CT molecular complexity index is 444. The highest BCUT2D eigenvalue weighted by Crippen LogP contribution is 2.11. The smallest absolute Gasteiger partial charge is 0.251 e. The molecule has 0 fully saturated rings. The van der Waals surface area contributed by atoms with E-state index >= 15 is 0 Å². The van der Waals surface area contributed by atoms with E-state index in [1.54, 1.807) is 19.9 Å². The first-order valence-electron chi connectivity index (χ1n) is 6.62. The van der Waals surface area contributed by atoms with Gasteiger partial charge in [-0.15, -0.1) is 0 Å². The minimum Gasteiger partial charge on any atom is -0.350 e. The van der Waals surface area contributed by atoms with Crippen molar-refractivity contribution in [3.63, 3.8) is 0 Å². The Balaban J connectivity index is 0.000000982. The normalized spacial score (nSPS) is 9.89. The van der Waals surface area contributed by atoms with Crippen molar-refractivity contribution in [1.29, 1.82) is 5.26 Å². The van der Waals surface area contributed by atoms with E-state index in [-0.39, 0.29) is 5.91 Å². The Morgan fingerprint density at radius 3 is 2.42 bits per heavy atom. The summed E-state index contributed by atoms with van der Waals surface area (Å²) in [6, 6.07) is 9.53. The predicted molar refractivity (Wildman–Crippen MR) is 78.9 cm³/mol. The van der Waals surface area contributed by atoms with Gasteiger partial charge < -0.3 is 5.32 Å². The quantitative estimate of drug-likeness (QED) is 0.901. The number of hydrogen-bond acceptors (Lipinski definition) is 2. The van der Waals surface area contributed by atoms with Gasteiger partial charge in [0.1, 0.15) is 0 Å². The van der Waals surface area contributed by atoms with Crippen LogP contribution in [0.25, 0.3) is 0 Å². The molecule has 0 aliphatic rings. The average Bonchev–Trinajstić information content (AvgIpc) is 2.37. The highest BCUT2D eigenvalue weighted by molar-refractivity contribution is 5.94. The lowest BCUT2D eigenvalue weighted by atomic mass is 9.96. The standard InChI is InChI=1S/C13H16N2O.C3H8/c1-10-5-4-6-11(7-10)12(16)15-9-13(2,3)8-14;1-3-2/h4-7H,9H2,1-3H3,(H,15,16);3H2,1-2H3. The van der Waals surface area contributed by atoms with Gasteiger partial charge in [0.2, 0.25) is 0 Å². The van der Waals surface area contributed by atoms with Crippen LogP contribution in [0, 0.1) is 23.7 Å². The zero-order valence-corrected chi connectivity index (χ0v) is 12.6. The number of nitrogens with one attached hydrogen (secondary N) is 1. The fraction of sp³-hybridized carbons (Fsp3) is 0.500. The van der Waals surface area contributed by atoms with E-state index in [0.29, 0.717) is 12.1 Å². The van der Waals surface area contributed by atoms with Gasteiger partial charge in [0.15, 0.2) is 0 Å². The third-order valence-corrected chi connectivity index (χ3v) is 2.27. The lowest BCUT2D eigenvalue weighted by molar-refractivity contribution is 0.0943. The zero-order chi connectivity index (χ0) is 14.9. The maximum absolute atomic E-state index is 11.7. The number of carbonyl (C=O) groups is 1. The Morgan fingerprint density at radius 2 is 1.95 bits per heavy atom. The molecule has 0 aliphatic carbocycles. The van der Waals surface area contributed by atoms with Crippen LogP contribution in [0.15, 0.2) is 24.3 Å². The van der Waals surface area contributed by atoms with Gasteiger partial charge in [-0.2, -0.15) is 5.26 Å². The lowest BCUT2D eigenvalue weighted by Gasteiger charge is -2.15. The van der Waals surface area contributed by atoms with Gasteiger partial charge in [0.25, 0.3) is 5.91 Å². The molecule has 0 heterocycles. The molecule has 0 aliphatic heterocycles. The number of benzene rings is 1. The van der Waals surface area contributed by atoms with E-state index in [9.17, 15) is 4.79 Å². The Hall–Kier alpha value is -1.82. The molecule has 1 aromatic rings. The molecule has 104 valence electrons. The molecule has 19 heavy (non-hydrogen) atoms. The Kier molecular flexibility index (Phi) is 7.52. The van der Waals surface area contributed by atoms with Gasteiger partial charge >= 0.3 is 0 Å². The summed E-state index contributed by atoms with van der Waals surface area (Å²) in [6.45, 7) is 10.1. The number of nitrogens with zero attached hydrogens (tertiary/aromatic N) is 1. The van der Waals surface area contributed by atoms with Gasteiger partial charge in [-0.1, -0.05) is 38.0 Å². The second kappa shape index (κ2) is 8.31. The van der Waals surface area contributed by atoms with Gasteiger partial charge in [0.05, 0.1) is 11.5 Å². The molecular weight excluding hydrogens is 236 g/mol. The molecule has 1 N–H and O–H groups in total. The highest BCUT2D eigenvalue weighted by atomic mass is 16.1. The molecule has 3 heteroatoms. The van der Waals surface area contributed by atoms with Crippen molar-refractivity contribution in [2.45, 2.75) is 41.0 Å². The molecule has 0 aromatic heterocycles. The van der Waals surface area contributed by atoms with Crippen molar-refractivity contribution in [2.24, 2.45) is 5.41 Å². The zero-order valence-electron chi connectivity index (χ0n) is 12.6. The average molecular weight is 260 g/mol. The van der Waals surface area contributed by atoms with Crippen LogP contribution in [0.2, 0.25) is 0 Å². The van der Waals surface area contributed by atoms with E-state index in [2.05, 4.69) is 25.2 Å². The lowest BCUT2D eigenvalue weighted by Crippen LogP contribution is -2.33. The number of amides is 1. The minimum absolute atomic E-state index is 0.132. The number of hydrogen-bond donors (Lipinski definition) is 1. The Morgan fingerprint density at radius 1 is 1.37 bits per heavy atom. The SMILES string of the molecule is CCC.Cc1cccc(C(=O)NCC(C)(C)C#N)c1. The molecule has 0 saturated heterocycles. The number of carbonyl (C=O) groups excluding carboxylic acids is 1.